The van der Waals surface area contributed by atoms with Crippen LogP contribution in [0.3, 0.4) is 0 Å². The molecule has 16 heavy (non-hydrogen) atoms. The summed E-state index contributed by atoms with van der Waals surface area (Å²) in [5.74, 6) is 0.700. The first kappa shape index (κ1) is 11.6. The van der Waals surface area contributed by atoms with E-state index >= 15 is 0 Å². The van der Waals surface area contributed by atoms with Gasteiger partial charge in [0, 0.05) is 5.69 Å². The maximum atomic E-state index is 5.73. The average molecular weight is 215 g/mol. The Morgan fingerprint density at radius 2 is 1.69 bits per heavy atom. The Labute approximate surface area is 99.7 Å². The Hall–Kier alpha value is -0.915. The minimum Gasteiger partial charge on any atom is -0.399 e. The molecule has 1 aliphatic heterocycles. The molecule has 1 aliphatic rings. The smallest absolute Gasteiger partial charge is 0.137 e. The number of nitrogens with two attached hydrogens (primary N) is 1. The van der Waals surface area contributed by atoms with Gasteiger partial charge in [-0.05, 0) is 29.8 Å². The molecule has 1 heterocycles. The van der Waals surface area contributed by atoms with Crippen molar-refractivity contribution in [1.29, 1.82) is 0 Å². The van der Waals surface area contributed by atoms with E-state index in [1.807, 2.05) is 12.1 Å². The van der Waals surface area contributed by atoms with E-state index in [0.29, 0.717) is 16.5 Å². The fourth-order valence-electron chi connectivity index (χ4n) is 2.86. The van der Waals surface area contributed by atoms with E-state index in [1.54, 1.807) is 0 Å². The van der Waals surface area contributed by atoms with Gasteiger partial charge in [0.05, 0.1) is 0 Å². The maximum absolute atomic E-state index is 5.73. The lowest BCUT2D eigenvalue weighted by Gasteiger charge is -2.34. The van der Waals surface area contributed by atoms with Gasteiger partial charge in [0.1, 0.15) is 7.28 Å². The van der Waals surface area contributed by atoms with E-state index < -0.39 is 0 Å². The molecule has 1 fully saturated rings. The Balaban J connectivity index is 2.23. The molecular weight excluding hydrogens is 193 g/mol. The van der Waals surface area contributed by atoms with Crippen molar-refractivity contribution in [3.8, 4) is 0 Å². The van der Waals surface area contributed by atoms with Crippen molar-refractivity contribution in [2.45, 2.75) is 45.2 Å². The molecule has 0 radical (unpaired) electrons. The zero-order valence-corrected chi connectivity index (χ0v) is 10.9. The van der Waals surface area contributed by atoms with Gasteiger partial charge in [-0.3, -0.25) is 0 Å². The summed E-state index contributed by atoms with van der Waals surface area (Å²) >= 11 is 0. The molecule has 1 nitrogen and oxygen atoms in total. The molecule has 0 aromatic heterocycles. The first-order valence-corrected chi connectivity index (χ1v) is 6.17. The molecule has 0 bridgehead atoms. The lowest BCUT2D eigenvalue weighted by Crippen LogP contribution is -2.23. The first-order valence-electron chi connectivity index (χ1n) is 6.17. The molecule has 0 saturated carbocycles. The predicted octanol–water partition coefficient (Wildman–Crippen LogP) is 3.37. The summed E-state index contributed by atoms with van der Waals surface area (Å²) < 4.78 is 0. The van der Waals surface area contributed by atoms with Gasteiger partial charge >= 0.3 is 0 Å². The molecule has 0 spiro atoms. The maximum Gasteiger partial charge on any atom is 0.137 e. The summed E-state index contributed by atoms with van der Waals surface area (Å²) in [4.78, 5) is 0. The van der Waals surface area contributed by atoms with Gasteiger partial charge in [0.2, 0.25) is 0 Å². The molecule has 0 amide bonds. The molecular formula is C14H22BN. The Morgan fingerprint density at radius 3 is 2.12 bits per heavy atom. The van der Waals surface area contributed by atoms with Gasteiger partial charge in [-0.1, -0.05) is 50.7 Å². The van der Waals surface area contributed by atoms with Crippen LogP contribution in [0.5, 0.6) is 0 Å². The minimum absolute atomic E-state index is 0.430. The third-order valence-electron chi connectivity index (χ3n) is 4.75. The standard InChI is InChI=1S/C14H22BN/c1-13(2)9-12(15-14(13,3)4)10-5-7-11(16)8-6-10/h5-8,12,15H,9,16H2,1-4H3. The van der Waals surface area contributed by atoms with Crippen molar-refractivity contribution in [2.24, 2.45) is 5.41 Å². The van der Waals surface area contributed by atoms with Crippen LogP contribution >= 0.6 is 0 Å². The van der Waals surface area contributed by atoms with Crippen molar-refractivity contribution >= 4 is 13.0 Å². The monoisotopic (exact) mass is 215 g/mol. The van der Waals surface area contributed by atoms with Crippen LogP contribution in [-0.2, 0) is 0 Å². The molecule has 1 unspecified atom stereocenters. The summed E-state index contributed by atoms with van der Waals surface area (Å²) in [5, 5.41) is 0.430. The Kier molecular flexibility index (Phi) is 2.56. The second-order valence-corrected chi connectivity index (χ2v) is 6.54. The topological polar surface area (TPSA) is 26.0 Å². The van der Waals surface area contributed by atoms with Gasteiger partial charge in [-0.15, -0.1) is 0 Å². The third kappa shape index (κ3) is 1.86. The molecule has 2 heteroatoms. The molecule has 86 valence electrons. The van der Waals surface area contributed by atoms with Crippen LogP contribution in [0.25, 0.3) is 0 Å². The van der Waals surface area contributed by atoms with Crippen molar-refractivity contribution in [3.63, 3.8) is 0 Å². The van der Waals surface area contributed by atoms with Crippen LogP contribution in [0.1, 0.15) is 45.5 Å². The van der Waals surface area contributed by atoms with Gasteiger partial charge in [0.25, 0.3) is 0 Å². The van der Waals surface area contributed by atoms with E-state index in [-0.39, 0.29) is 0 Å². The highest BCUT2D eigenvalue weighted by Crippen LogP contribution is 2.57. The highest BCUT2D eigenvalue weighted by molar-refractivity contribution is 6.43. The van der Waals surface area contributed by atoms with Crippen LogP contribution in [0.2, 0.25) is 5.31 Å². The average Bonchev–Trinajstić information content (AvgIpc) is 2.37. The number of nitrogen functional groups attached to an aromatic ring is 1. The Bertz CT molecular complexity index is 362. The molecule has 0 aliphatic carbocycles. The van der Waals surface area contributed by atoms with Gasteiger partial charge in [-0.25, -0.2) is 0 Å². The highest BCUT2D eigenvalue weighted by Gasteiger charge is 2.47. The van der Waals surface area contributed by atoms with Gasteiger partial charge in [-0.2, -0.15) is 0 Å². The first-order chi connectivity index (χ1) is 7.32. The number of hydrogen-bond donors (Lipinski definition) is 1. The van der Waals surface area contributed by atoms with E-state index in [2.05, 4.69) is 39.8 Å². The summed E-state index contributed by atoms with van der Waals surface area (Å²) in [6.07, 6.45) is 1.28. The molecule has 2 rings (SSSR count). The summed E-state index contributed by atoms with van der Waals surface area (Å²) in [6.45, 7) is 9.57. The van der Waals surface area contributed by atoms with Crippen molar-refractivity contribution in [3.05, 3.63) is 29.8 Å². The number of rotatable bonds is 1. The van der Waals surface area contributed by atoms with Crippen LogP contribution < -0.4 is 5.73 Å². The molecule has 1 aromatic carbocycles. The number of anilines is 1. The van der Waals surface area contributed by atoms with E-state index in [1.165, 1.54) is 19.3 Å². The molecule has 1 saturated heterocycles. The SMILES string of the molecule is CC1(C)BC(c2ccc(N)cc2)CC1(C)C. The van der Waals surface area contributed by atoms with Crippen LogP contribution in [-0.4, -0.2) is 7.28 Å². The van der Waals surface area contributed by atoms with Crippen LogP contribution in [0, 0.1) is 5.41 Å². The fraction of sp³-hybridized carbons (Fsp3) is 0.571. The lowest BCUT2D eigenvalue weighted by molar-refractivity contribution is 0.272. The van der Waals surface area contributed by atoms with E-state index in [9.17, 15) is 0 Å². The summed E-state index contributed by atoms with van der Waals surface area (Å²) in [5.41, 5.74) is 8.47. The number of hydrogen-bond acceptors (Lipinski definition) is 1. The zero-order chi connectivity index (χ0) is 12.0. The van der Waals surface area contributed by atoms with Crippen LogP contribution in [0.4, 0.5) is 5.69 Å². The second kappa shape index (κ2) is 3.54. The fourth-order valence-corrected chi connectivity index (χ4v) is 2.86. The Morgan fingerprint density at radius 1 is 1.12 bits per heavy atom. The lowest BCUT2D eigenvalue weighted by atomic mass is 9.47. The normalized spacial score (nSPS) is 26.4. The van der Waals surface area contributed by atoms with Crippen molar-refractivity contribution < 1.29 is 0 Å². The molecule has 1 atom stereocenters. The van der Waals surface area contributed by atoms with E-state index in [0.717, 1.165) is 5.69 Å². The van der Waals surface area contributed by atoms with Gasteiger partial charge < -0.3 is 5.73 Å². The van der Waals surface area contributed by atoms with E-state index in [4.69, 9.17) is 5.73 Å². The third-order valence-corrected chi connectivity index (χ3v) is 4.75. The van der Waals surface area contributed by atoms with Crippen molar-refractivity contribution in [2.75, 3.05) is 5.73 Å². The molecule has 2 N–H and O–H groups in total. The van der Waals surface area contributed by atoms with Crippen molar-refractivity contribution in [1.82, 2.24) is 0 Å². The summed E-state index contributed by atoms with van der Waals surface area (Å²) in [6, 6.07) is 8.43. The summed E-state index contributed by atoms with van der Waals surface area (Å²) in [7, 11) is 1.28. The second-order valence-electron chi connectivity index (χ2n) is 6.54. The minimum atomic E-state index is 0.430. The highest BCUT2D eigenvalue weighted by atomic mass is 14.5. The van der Waals surface area contributed by atoms with Crippen LogP contribution in [0.15, 0.2) is 24.3 Å². The zero-order valence-electron chi connectivity index (χ0n) is 10.9. The quantitative estimate of drug-likeness (QED) is 0.564. The predicted molar refractivity (Wildman–Crippen MR) is 73.2 cm³/mol. The number of benzene rings is 1. The largest absolute Gasteiger partial charge is 0.399 e. The molecule has 1 aromatic rings. The van der Waals surface area contributed by atoms with Gasteiger partial charge in [0.15, 0.2) is 0 Å².